The van der Waals surface area contributed by atoms with Gasteiger partial charge in [0.15, 0.2) is 0 Å². The summed E-state index contributed by atoms with van der Waals surface area (Å²) in [7, 11) is 0. The van der Waals surface area contributed by atoms with Gasteiger partial charge in [-0.05, 0) is 24.6 Å². The van der Waals surface area contributed by atoms with Gasteiger partial charge in [0.05, 0.1) is 17.8 Å². The van der Waals surface area contributed by atoms with Crippen molar-refractivity contribution in [2.45, 2.75) is 20.0 Å². The van der Waals surface area contributed by atoms with Gasteiger partial charge in [-0.15, -0.1) is 5.10 Å². The monoisotopic (exact) mass is 346 g/mol. The van der Waals surface area contributed by atoms with Crippen LogP contribution in [0.4, 0.5) is 5.82 Å². The molecule has 0 saturated heterocycles. The van der Waals surface area contributed by atoms with Crippen molar-refractivity contribution in [1.29, 1.82) is 0 Å². The molecule has 0 fully saturated rings. The molecule has 2 aromatic heterocycles. The fourth-order valence-electron chi connectivity index (χ4n) is 2.88. The summed E-state index contributed by atoms with van der Waals surface area (Å²) in [5.74, 6) is 0.496. The molecule has 1 N–H and O–H groups in total. The van der Waals surface area contributed by atoms with Crippen LogP contribution in [0.25, 0.3) is 11.0 Å². The molecule has 2 aromatic carbocycles. The number of hydrogen-bond acceptors (Lipinski definition) is 4. The normalized spacial score (nSPS) is 11.0. The number of para-hydroxylation sites is 1. The lowest BCUT2D eigenvalue weighted by Crippen LogP contribution is -2.21. The van der Waals surface area contributed by atoms with E-state index in [1.165, 1.54) is 0 Å². The van der Waals surface area contributed by atoms with Gasteiger partial charge in [-0.3, -0.25) is 4.79 Å². The Hall–Kier alpha value is -3.48. The number of nitrogens with zero attached hydrogens (tertiary/aromatic N) is 5. The maximum atomic E-state index is 12.5. The molecule has 0 saturated carbocycles. The molecule has 0 spiro atoms. The first-order chi connectivity index (χ1) is 12.7. The van der Waals surface area contributed by atoms with Gasteiger partial charge in [-0.2, -0.15) is 5.10 Å². The Kier molecular flexibility index (Phi) is 4.18. The summed E-state index contributed by atoms with van der Waals surface area (Å²) in [6.07, 6.45) is 0. The molecule has 0 radical (unpaired) electrons. The van der Waals surface area contributed by atoms with Gasteiger partial charge in [0.25, 0.3) is 0 Å². The number of rotatable bonds is 5. The summed E-state index contributed by atoms with van der Waals surface area (Å²) in [5, 5.41) is 15.5. The molecule has 1 amide bonds. The molecule has 130 valence electrons. The number of aromatic nitrogens is 5. The highest BCUT2D eigenvalue weighted by Gasteiger charge is 2.12. The molecule has 4 aromatic rings. The summed E-state index contributed by atoms with van der Waals surface area (Å²) < 4.78 is 3.39. The Morgan fingerprint density at radius 1 is 1.04 bits per heavy atom. The van der Waals surface area contributed by atoms with Gasteiger partial charge >= 0.3 is 0 Å². The Bertz CT molecular complexity index is 1050. The predicted octanol–water partition coefficient (Wildman–Crippen LogP) is 2.62. The standard InChI is InChI=1S/C19H18N6O/c1-14-11-18(25(22-14)12-15-7-3-2-4-8-15)20-19(26)13-24-17-10-6-5-9-16(17)21-23-24/h2-11H,12-13H2,1H3,(H,20,26). The summed E-state index contributed by atoms with van der Waals surface area (Å²) in [6, 6.07) is 19.4. The number of hydrogen-bond donors (Lipinski definition) is 1. The second-order valence-corrected chi connectivity index (χ2v) is 6.10. The van der Waals surface area contributed by atoms with Crippen LogP contribution in [0.1, 0.15) is 11.3 Å². The number of anilines is 1. The zero-order valence-corrected chi connectivity index (χ0v) is 14.3. The Labute approximate surface area is 150 Å². The highest BCUT2D eigenvalue weighted by molar-refractivity contribution is 5.90. The fourth-order valence-corrected chi connectivity index (χ4v) is 2.88. The molecule has 2 heterocycles. The molecule has 0 aliphatic carbocycles. The molecule has 7 heteroatoms. The Morgan fingerprint density at radius 3 is 2.65 bits per heavy atom. The lowest BCUT2D eigenvalue weighted by Gasteiger charge is -2.09. The number of amides is 1. The van der Waals surface area contributed by atoms with Crippen LogP contribution < -0.4 is 5.32 Å². The summed E-state index contributed by atoms with van der Waals surface area (Å²) in [6.45, 7) is 2.59. The van der Waals surface area contributed by atoms with Gasteiger partial charge < -0.3 is 5.32 Å². The van der Waals surface area contributed by atoms with Gasteiger partial charge in [-0.1, -0.05) is 47.7 Å². The van der Waals surface area contributed by atoms with Crippen LogP contribution >= 0.6 is 0 Å². The molecule has 0 aliphatic heterocycles. The van der Waals surface area contributed by atoms with E-state index in [1.54, 1.807) is 9.36 Å². The van der Waals surface area contributed by atoms with Crippen LogP contribution in [0, 0.1) is 6.92 Å². The quantitative estimate of drug-likeness (QED) is 0.602. The van der Waals surface area contributed by atoms with Crippen molar-refractivity contribution >= 4 is 22.8 Å². The lowest BCUT2D eigenvalue weighted by molar-refractivity contribution is -0.116. The van der Waals surface area contributed by atoms with Crippen molar-refractivity contribution in [1.82, 2.24) is 24.8 Å². The number of carbonyl (C=O) groups excluding carboxylic acids is 1. The fraction of sp³-hybridized carbons (Fsp3) is 0.158. The van der Waals surface area contributed by atoms with Gasteiger partial charge in [0, 0.05) is 6.07 Å². The van der Waals surface area contributed by atoms with Crippen LogP contribution in [0.5, 0.6) is 0 Å². The third-order valence-corrected chi connectivity index (χ3v) is 4.06. The van der Waals surface area contributed by atoms with Crippen molar-refractivity contribution in [3.8, 4) is 0 Å². The highest BCUT2D eigenvalue weighted by atomic mass is 16.2. The highest BCUT2D eigenvalue weighted by Crippen LogP contribution is 2.14. The van der Waals surface area contributed by atoms with Crippen molar-refractivity contribution in [3.05, 3.63) is 71.9 Å². The SMILES string of the molecule is Cc1cc(NC(=O)Cn2nnc3ccccc32)n(Cc2ccccc2)n1. The van der Waals surface area contributed by atoms with E-state index in [4.69, 9.17) is 0 Å². The molecule has 0 atom stereocenters. The predicted molar refractivity (Wildman–Crippen MR) is 98.7 cm³/mol. The third-order valence-electron chi connectivity index (χ3n) is 4.06. The number of fused-ring (bicyclic) bond motifs is 1. The molecular weight excluding hydrogens is 328 g/mol. The number of benzene rings is 2. The smallest absolute Gasteiger partial charge is 0.247 e. The second-order valence-electron chi connectivity index (χ2n) is 6.10. The van der Waals surface area contributed by atoms with Crippen LogP contribution in [-0.4, -0.2) is 30.7 Å². The van der Waals surface area contributed by atoms with Crippen LogP contribution in [0.3, 0.4) is 0 Å². The molecule has 0 bridgehead atoms. The van der Waals surface area contributed by atoms with Gasteiger partial charge in [-0.25, -0.2) is 9.36 Å². The third kappa shape index (κ3) is 3.32. The summed E-state index contributed by atoms with van der Waals surface area (Å²) in [4.78, 5) is 12.5. The number of aryl methyl sites for hydroxylation is 1. The average molecular weight is 346 g/mol. The van der Waals surface area contributed by atoms with E-state index >= 15 is 0 Å². The minimum atomic E-state index is -0.171. The van der Waals surface area contributed by atoms with Crippen molar-refractivity contribution in [2.75, 3.05) is 5.32 Å². The van der Waals surface area contributed by atoms with Gasteiger partial charge in [0.2, 0.25) is 5.91 Å². The van der Waals surface area contributed by atoms with E-state index in [-0.39, 0.29) is 12.5 Å². The molecular formula is C19H18N6O. The van der Waals surface area contributed by atoms with Crippen molar-refractivity contribution in [3.63, 3.8) is 0 Å². The molecule has 0 aliphatic rings. The maximum Gasteiger partial charge on any atom is 0.247 e. The summed E-state index contributed by atoms with van der Waals surface area (Å²) >= 11 is 0. The van der Waals surface area contributed by atoms with E-state index in [9.17, 15) is 4.79 Å². The minimum Gasteiger partial charge on any atom is -0.309 e. The van der Waals surface area contributed by atoms with E-state index < -0.39 is 0 Å². The van der Waals surface area contributed by atoms with E-state index in [0.29, 0.717) is 12.4 Å². The molecule has 7 nitrogen and oxygen atoms in total. The van der Waals surface area contributed by atoms with Crippen LogP contribution in [0.15, 0.2) is 60.7 Å². The van der Waals surface area contributed by atoms with Crippen molar-refractivity contribution < 1.29 is 4.79 Å². The van der Waals surface area contributed by atoms with Gasteiger partial charge in [0.1, 0.15) is 17.9 Å². The first-order valence-corrected chi connectivity index (χ1v) is 8.35. The zero-order chi connectivity index (χ0) is 17.9. The summed E-state index contributed by atoms with van der Waals surface area (Å²) in [5.41, 5.74) is 3.57. The Balaban J connectivity index is 1.51. The topological polar surface area (TPSA) is 77.6 Å². The second kappa shape index (κ2) is 6.79. The average Bonchev–Trinajstić information content (AvgIpc) is 3.19. The molecule has 4 rings (SSSR count). The molecule has 26 heavy (non-hydrogen) atoms. The zero-order valence-electron chi connectivity index (χ0n) is 14.3. The number of carbonyl (C=O) groups is 1. The largest absolute Gasteiger partial charge is 0.309 e. The first kappa shape index (κ1) is 16.0. The van der Waals surface area contributed by atoms with Crippen LogP contribution in [0.2, 0.25) is 0 Å². The van der Waals surface area contributed by atoms with E-state index in [1.807, 2.05) is 67.6 Å². The number of nitrogens with one attached hydrogen (secondary N) is 1. The lowest BCUT2D eigenvalue weighted by atomic mass is 10.2. The first-order valence-electron chi connectivity index (χ1n) is 8.35. The Morgan fingerprint density at radius 2 is 1.81 bits per heavy atom. The molecule has 0 unspecified atom stereocenters. The van der Waals surface area contributed by atoms with Crippen LogP contribution in [-0.2, 0) is 17.9 Å². The maximum absolute atomic E-state index is 12.5. The van der Waals surface area contributed by atoms with E-state index in [2.05, 4.69) is 20.7 Å². The van der Waals surface area contributed by atoms with Crippen molar-refractivity contribution in [2.24, 2.45) is 0 Å². The minimum absolute atomic E-state index is 0.0933. The van der Waals surface area contributed by atoms with E-state index in [0.717, 1.165) is 22.3 Å².